The zero-order valence-corrected chi connectivity index (χ0v) is 15.5. The van der Waals surface area contributed by atoms with Crippen LogP contribution in [0, 0.1) is 11.8 Å². The molecule has 7 heteroatoms. The molecule has 2 aromatic rings. The molecule has 138 valence electrons. The summed E-state index contributed by atoms with van der Waals surface area (Å²) in [5.41, 5.74) is 1.23. The van der Waals surface area contributed by atoms with Crippen molar-refractivity contribution in [3.05, 3.63) is 29.8 Å². The summed E-state index contributed by atoms with van der Waals surface area (Å²) < 4.78 is 5.41. The molecule has 1 saturated carbocycles. The standard InChI is InChI=1S/C19H26N6O/c1-12(2)19-22-18(26-23-19)10-24-6-14-8-25(9-15(14)7-24)17-5-16(13-3-4-13)20-11-21-17/h5,11-15H,3-4,6-10H2,1-2H3. The second kappa shape index (κ2) is 6.30. The van der Waals surface area contributed by atoms with Crippen molar-refractivity contribution in [3.63, 3.8) is 0 Å². The van der Waals surface area contributed by atoms with Gasteiger partial charge in [0.05, 0.1) is 6.54 Å². The summed E-state index contributed by atoms with van der Waals surface area (Å²) in [6.07, 6.45) is 4.31. The van der Waals surface area contributed by atoms with E-state index in [1.165, 1.54) is 18.5 Å². The predicted octanol–water partition coefficient (Wildman–Crippen LogP) is 2.43. The third-order valence-electron chi connectivity index (χ3n) is 5.91. The van der Waals surface area contributed by atoms with Crippen LogP contribution in [0.1, 0.15) is 55.9 Å². The van der Waals surface area contributed by atoms with Crippen molar-refractivity contribution in [2.75, 3.05) is 31.1 Å². The van der Waals surface area contributed by atoms with Gasteiger partial charge in [0.25, 0.3) is 0 Å². The fraction of sp³-hybridized carbons (Fsp3) is 0.684. The Kier molecular flexibility index (Phi) is 3.92. The van der Waals surface area contributed by atoms with Crippen molar-refractivity contribution in [1.29, 1.82) is 0 Å². The normalized spacial score (nSPS) is 26.0. The summed E-state index contributed by atoms with van der Waals surface area (Å²) >= 11 is 0. The number of nitrogens with zero attached hydrogens (tertiary/aromatic N) is 6. The average Bonchev–Trinajstić information content (AvgIpc) is 3.06. The number of hydrogen-bond donors (Lipinski definition) is 0. The highest BCUT2D eigenvalue weighted by molar-refractivity contribution is 5.42. The minimum Gasteiger partial charge on any atom is -0.356 e. The van der Waals surface area contributed by atoms with E-state index in [-0.39, 0.29) is 0 Å². The fourth-order valence-corrected chi connectivity index (χ4v) is 4.30. The topological polar surface area (TPSA) is 71.2 Å². The van der Waals surface area contributed by atoms with Gasteiger partial charge in [0, 0.05) is 49.8 Å². The summed E-state index contributed by atoms with van der Waals surface area (Å²) in [5.74, 6) is 5.05. The van der Waals surface area contributed by atoms with Crippen LogP contribution >= 0.6 is 0 Å². The molecule has 2 aliphatic heterocycles. The number of rotatable bonds is 5. The molecule has 5 rings (SSSR count). The molecule has 3 aliphatic rings. The molecule has 7 nitrogen and oxygen atoms in total. The first-order valence-electron chi connectivity index (χ1n) is 9.77. The van der Waals surface area contributed by atoms with E-state index >= 15 is 0 Å². The second-order valence-corrected chi connectivity index (χ2v) is 8.40. The predicted molar refractivity (Wildman–Crippen MR) is 96.9 cm³/mol. The molecular formula is C19H26N6O. The molecule has 0 radical (unpaired) electrons. The lowest BCUT2D eigenvalue weighted by atomic mass is 10.0. The van der Waals surface area contributed by atoms with Gasteiger partial charge in [0.2, 0.25) is 5.89 Å². The van der Waals surface area contributed by atoms with Gasteiger partial charge in [-0.25, -0.2) is 9.97 Å². The highest BCUT2D eigenvalue weighted by atomic mass is 16.5. The first-order valence-corrected chi connectivity index (χ1v) is 9.77. The van der Waals surface area contributed by atoms with Crippen molar-refractivity contribution in [2.45, 2.75) is 45.1 Å². The summed E-state index contributed by atoms with van der Waals surface area (Å²) in [6, 6.07) is 2.21. The Labute approximate surface area is 153 Å². The molecular weight excluding hydrogens is 328 g/mol. The van der Waals surface area contributed by atoms with Gasteiger partial charge in [0.15, 0.2) is 5.82 Å². The Morgan fingerprint density at radius 1 is 1.12 bits per heavy atom. The zero-order chi connectivity index (χ0) is 17.7. The smallest absolute Gasteiger partial charge is 0.240 e. The number of fused-ring (bicyclic) bond motifs is 1. The molecule has 26 heavy (non-hydrogen) atoms. The van der Waals surface area contributed by atoms with E-state index in [2.05, 4.69) is 49.8 Å². The Morgan fingerprint density at radius 2 is 1.88 bits per heavy atom. The lowest BCUT2D eigenvalue weighted by Gasteiger charge is -2.21. The largest absolute Gasteiger partial charge is 0.356 e. The fourth-order valence-electron chi connectivity index (χ4n) is 4.30. The molecule has 0 aromatic carbocycles. The van der Waals surface area contributed by atoms with E-state index in [4.69, 9.17) is 4.52 Å². The summed E-state index contributed by atoms with van der Waals surface area (Å²) in [6.45, 7) is 9.32. The van der Waals surface area contributed by atoms with Crippen molar-refractivity contribution >= 4 is 5.82 Å². The maximum atomic E-state index is 5.41. The highest BCUT2D eigenvalue weighted by Gasteiger charge is 2.41. The van der Waals surface area contributed by atoms with Crippen molar-refractivity contribution in [1.82, 2.24) is 25.0 Å². The first-order chi connectivity index (χ1) is 12.7. The Morgan fingerprint density at radius 3 is 2.54 bits per heavy atom. The van der Waals surface area contributed by atoms with E-state index in [0.29, 0.717) is 23.7 Å². The molecule has 2 unspecified atom stereocenters. The number of aromatic nitrogens is 4. The van der Waals surface area contributed by atoms with Crippen LogP contribution in [0.3, 0.4) is 0 Å². The molecule has 2 saturated heterocycles. The van der Waals surface area contributed by atoms with Crippen LogP contribution in [-0.2, 0) is 6.54 Å². The van der Waals surface area contributed by atoms with E-state index in [1.54, 1.807) is 6.33 Å². The quantitative estimate of drug-likeness (QED) is 0.816. The van der Waals surface area contributed by atoms with Gasteiger partial charge in [0.1, 0.15) is 12.1 Å². The van der Waals surface area contributed by atoms with Crippen LogP contribution in [0.15, 0.2) is 16.9 Å². The monoisotopic (exact) mass is 354 g/mol. The first kappa shape index (κ1) is 16.2. The Hall–Kier alpha value is -2.02. The second-order valence-electron chi connectivity index (χ2n) is 8.40. The minimum atomic E-state index is 0.312. The number of likely N-dealkylation sites (tertiary alicyclic amines) is 1. The molecule has 2 atom stereocenters. The zero-order valence-electron chi connectivity index (χ0n) is 15.5. The third kappa shape index (κ3) is 3.09. The molecule has 0 amide bonds. The van der Waals surface area contributed by atoms with Gasteiger partial charge in [-0.1, -0.05) is 19.0 Å². The molecule has 0 bridgehead atoms. The maximum Gasteiger partial charge on any atom is 0.240 e. The maximum absolute atomic E-state index is 5.41. The lowest BCUT2D eigenvalue weighted by Crippen LogP contribution is -2.29. The van der Waals surface area contributed by atoms with Crippen molar-refractivity contribution in [3.8, 4) is 0 Å². The van der Waals surface area contributed by atoms with Gasteiger partial charge in [-0.3, -0.25) is 4.90 Å². The summed E-state index contributed by atoms with van der Waals surface area (Å²) in [7, 11) is 0. The Balaban J connectivity index is 1.20. The minimum absolute atomic E-state index is 0.312. The van der Waals surface area contributed by atoms with E-state index in [0.717, 1.165) is 50.3 Å². The molecule has 0 spiro atoms. The highest BCUT2D eigenvalue weighted by Crippen LogP contribution is 2.40. The van der Waals surface area contributed by atoms with Gasteiger partial charge in [-0.05, 0) is 24.7 Å². The number of anilines is 1. The van der Waals surface area contributed by atoms with Crippen LogP contribution < -0.4 is 4.90 Å². The van der Waals surface area contributed by atoms with Gasteiger partial charge in [-0.2, -0.15) is 4.98 Å². The van der Waals surface area contributed by atoms with Gasteiger partial charge in [-0.15, -0.1) is 0 Å². The molecule has 2 aromatic heterocycles. The van der Waals surface area contributed by atoms with Gasteiger partial charge < -0.3 is 9.42 Å². The molecule has 0 N–H and O–H groups in total. The van der Waals surface area contributed by atoms with Crippen LogP contribution in [0.2, 0.25) is 0 Å². The average molecular weight is 354 g/mol. The van der Waals surface area contributed by atoms with E-state index in [9.17, 15) is 0 Å². The van der Waals surface area contributed by atoms with Crippen LogP contribution in [0.25, 0.3) is 0 Å². The van der Waals surface area contributed by atoms with Crippen LogP contribution in [0.4, 0.5) is 5.82 Å². The Bertz CT molecular complexity index is 772. The van der Waals surface area contributed by atoms with Crippen molar-refractivity contribution in [2.24, 2.45) is 11.8 Å². The van der Waals surface area contributed by atoms with Gasteiger partial charge >= 0.3 is 0 Å². The molecule has 3 fully saturated rings. The number of hydrogen-bond acceptors (Lipinski definition) is 7. The molecule has 4 heterocycles. The van der Waals surface area contributed by atoms with Crippen LogP contribution in [0.5, 0.6) is 0 Å². The SMILES string of the molecule is CC(C)c1noc(CN2CC3CN(c4cc(C5CC5)ncn4)CC3C2)n1. The lowest BCUT2D eigenvalue weighted by molar-refractivity contribution is 0.254. The van der Waals surface area contributed by atoms with Crippen LogP contribution in [-0.4, -0.2) is 51.2 Å². The summed E-state index contributed by atoms with van der Waals surface area (Å²) in [5, 5.41) is 4.07. The van der Waals surface area contributed by atoms with E-state index in [1.807, 2.05) is 0 Å². The molecule has 1 aliphatic carbocycles. The summed E-state index contributed by atoms with van der Waals surface area (Å²) in [4.78, 5) is 18.4. The van der Waals surface area contributed by atoms with E-state index < -0.39 is 0 Å². The van der Waals surface area contributed by atoms with Crippen molar-refractivity contribution < 1.29 is 4.52 Å². The third-order valence-corrected chi connectivity index (χ3v) is 5.91.